The summed E-state index contributed by atoms with van der Waals surface area (Å²) in [6, 6.07) is 38.1. The van der Waals surface area contributed by atoms with Gasteiger partial charge in [-0.25, -0.2) is 0 Å². The lowest BCUT2D eigenvalue weighted by Crippen LogP contribution is -1.79. The predicted molar refractivity (Wildman–Crippen MR) is 113 cm³/mol. The maximum atomic E-state index is 2.18. The van der Waals surface area contributed by atoms with Crippen LogP contribution in [0.1, 0.15) is 11.1 Å². The lowest BCUT2D eigenvalue weighted by atomic mass is 10.0. The molecule has 0 aliphatic heterocycles. The molecule has 0 fully saturated rings. The molecule has 0 bridgehead atoms. The highest BCUT2D eigenvalue weighted by molar-refractivity contribution is 5.70. The Morgan fingerprint density at radius 2 is 0.577 bits per heavy atom. The van der Waals surface area contributed by atoms with E-state index in [0.29, 0.717) is 0 Å². The topological polar surface area (TPSA) is 0 Å². The van der Waals surface area contributed by atoms with E-state index in [1.165, 1.54) is 33.4 Å². The molecule has 0 spiro atoms. The van der Waals surface area contributed by atoms with Crippen LogP contribution in [0.4, 0.5) is 0 Å². The fraction of sp³-hybridized carbons (Fsp3) is 0.0769. The van der Waals surface area contributed by atoms with E-state index in [9.17, 15) is 0 Å². The molecule has 26 heavy (non-hydrogen) atoms. The number of rotatable bonds is 2. The van der Waals surface area contributed by atoms with E-state index in [2.05, 4.69) is 111 Å². The summed E-state index contributed by atoms with van der Waals surface area (Å²) in [5.41, 5.74) is 7.70. The lowest BCUT2D eigenvalue weighted by molar-refractivity contribution is 1.40. The molecule has 0 heterocycles. The maximum Gasteiger partial charge on any atom is -0.0184 e. The second-order valence-electron chi connectivity index (χ2n) is 6.46. The smallest absolute Gasteiger partial charge is 0.0184 e. The standard InChI is InChI=1S/C18H14.C8H10/c1-3-7-15(8-4-1)17-11-13-18(14-12-17)16-9-5-2-6-10-16;1-7-3-5-8(2)6-4-7/h1-14H;3-6H,1-2H3. The van der Waals surface area contributed by atoms with Crippen molar-refractivity contribution < 1.29 is 0 Å². The second kappa shape index (κ2) is 8.82. The van der Waals surface area contributed by atoms with E-state index in [4.69, 9.17) is 0 Å². The minimum atomic E-state index is 1.26. The summed E-state index contributed by atoms with van der Waals surface area (Å²) in [5.74, 6) is 0. The summed E-state index contributed by atoms with van der Waals surface area (Å²) in [6.45, 7) is 4.19. The first-order chi connectivity index (χ1) is 12.7. The molecule has 0 unspecified atom stereocenters. The van der Waals surface area contributed by atoms with E-state index in [0.717, 1.165) is 0 Å². The third kappa shape index (κ3) is 4.94. The van der Waals surface area contributed by atoms with Crippen molar-refractivity contribution in [3.05, 3.63) is 120 Å². The molecule has 0 radical (unpaired) electrons. The van der Waals surface area contributed by atoms with Crippen molar-refractivity contribution in [2.24, 2.45) is 0 Å². The fourth-order valence-electron chi connectivity index (χ4n) is 2.75. The van der Waals surface area contributed by atoms with Gasteiger partial charge in [0.15, 0.2) is 0 Å². The molecule has 4 aromatic rings. The van der Waals surface area contributed by atoms with Crippen LogP contribution in [0.15, 0.2) is 109 Å². The van der Waals surface area contributed by atoms with Gasteiger partial charge in [0.05, 0.1) is 0 Å². The van der Waals surface area contributed by atoms with Gasteiger partial charge < -0.3 is 0 Å². The van der Waals surface area contributed by atoms with Crippen molar-refractivity contribution >= 4 is 0 Å². The quantitative estimate of drug-likeness (QED) is 0.359. The van der Waals surface area contributed by atoms with Crippen LogP contribution in [0.2, 0.25) is 0 Å². The van der Waals surface area contributed by atoms with Crippen LogP contribution in [0.3, 0.4) is 0 Å². The molecule has 0 N–H and O–H groups in total. The van der Waals surface area contributed by atoms with Gasteiger partial charge in [-0.1, -0.05) is 120 Å². The Hall–Kier alpha value is -3.12. The molecular weight excluding hydrogens is 312 g/mol. The normalized spacial score (nSPS) is 9.92. The highest BCUT2D eigenvalue weighted by Gasteiger charge is 1.98. The molecule has 0 saturated heterocycles. The van der Waals surface area contributed by atoms with Crippen LogP contribution in [-0.4, -0.2) is 0 Å². The van der Waals surface area contributed by atoms with Crippen LogP contribution >= 0.6 is 0 Å². The second-order valence-corrected chi connectivity index (χ2v) is 6.46. The van der Waals surface area contributed by atoms with Crippen LogP contribution in [0.5, 0.6) is 0 Å². The Kier molecular flexibility index (Phi) is 6.01. The third-order valence-corrected chi connectivity index (χ3v) is 4.32. The van der Waals surface area contributed by atoms with Crippen molar-refractivity contribution in [1.82, 2.24) is 0 Å². The van der Waals surface area contributed by atoms with Crippen molar-refractivity contribution in [3.63, 3.8) is 0 Å². The van der Waals surface area contributed by atoms with Crippen molar-refractivity contribution in [2.75, 3.05) is 0 Å². The zero-order valence-electron chi connectivity index (χ0n) is 15.4. The van der Waals surface area contributed by atoms with Crippen molar-refractivity contribution in [1.29, 1.82) is 0 Å². The van der Waals surface area contributed by atoms with Gasteiger partial charge in [-0.3, -0.25) is 0 Å². The molecule has 0 nitrogen and oxygen atoms in total. The van der Waals surface area contributed by atoms with Gasteiger partial charge in [-0.2, -0.15) is 0 Å². The number of benzene rings is 4. The van der Waals surface area contributed by atoms with Gasteiger partial charge in [0.25, 0.3) is 0 Å². The van der Waals surface area contributed by atoms with Crippen LogP contribution in [0, 0.1) is 13.8 Å². The van der Waals surface area contributed by atoms with Gasteiger partial charge in [-0.05, 0) is 36.1 Å². The summed E-state index contributed by atoms with van der Waals surface area (Å²) < 4.78 is 0. The highest BCUT2D eigenvalue weighted by atomic mass is 14.0. The molecule has 4 rings (SSSR count). The van der Waals surface area contributed by atoms with Crippen LogP contribution in [0.25, 0.3) is 22.3 Å². The first-order valence-electron chi connectivity index (χ1n) is 8.96. The lowest BCUT2D eigenvalue weighted by Gasteiger charge is -2.04. The van der Waals surface area contributed by atoms with Gasteiger partial charge in [0, 0.05) is 0 Å². The maximum absolute atomic E-state index is 2.18. The molecular formula is C26H24. The molecule has 0 amide bonds. The Bertz CT molecular complexity index is 824. The minimum Gasteiger partial charge on any atom is -0.0622 e. The van der Waals surface area contributed by atoms with Crippen LogP contribution < -0.4 is 0 Å². The van der Waals surface area contributed by atoms with E-state index in [1.54, 1.807) is 0 Å². The summed E-state index contributed by atoms with van der Waals surface area (Å²) in [6.07, 6.45) is 0. The largest absolute Gasteiger partial charge is 0.0622 e. The van der Waals surface area contributed by atoms with E-state index in [1.807, 2.05) is 12.1 Å². The van der Waals surface area contributed by atoms with E-state index >= 15 is 0 Å². The predicted octanol–water partition coefficient (Wildman–Crippen LogP) is 7.32. The molecule has 0 heteroatoms. The van der Waals surface area contributed by atoms with Gasteiger partial charge in [0.2, 0.25) is 0 Å². The summed E-state index contributed by atoms with van der Waals surface area (Å²) in [5, 5.41) is 0. The third-order valence-electron chi connectivity index (χ3n) is 4.32. The molecule has 0 aliphatic rings. The zero-order chi connectivity index (χ0) is 18.2. The van der Waals surface area contributed by atoms with E-state index < -0.39 is 0 Å². The molecule has 0 aliphatic carbocycles. The summed E-state index contributed by atoms with van der Waals surface area (Å²) >= 11 is 0. The minimum absolute atomic E-state index is 1.26. The van der Waals surface area contributed by atoms with Crippen LogP contribution in [-0.2, 0) is 0 Å². The van der Waals surface area contributed by atoms with Crippen molar-refractivity contribution in [3.8, 4) is 22.3 Å². The van der Waals surface area contributed by atoms with Crippen molar-refractivity contribution in [2.45, 2.75) is 13.8 Å². The first kappa shape index (κ1) is 17.7. The number of hydrogen-bond acceptors (Lipinski definition) is 0. The van der Waals surface area contributed by atoms with Gasteiger partial charge >= 0.3 is 0 Å². The molecule has 4 aromatic carbocycles. The monoisotopic (exact) mass is 336 g/mol. The highest BCUT2D eigenvalue weighted by Crippen LogP contribution is 2.24. The number of aryl methyl sites for hydroxylation is 2. The SMILES string of the molecule is Cc1ccc(C)cc1.c1ccc(-c2ccc(-c3ccccc3)cc2)cc1. The Morgan fingerprint density at radius 3 is 0.885 bits per heavy atom. The molecule has 0 aromatic heterocycles. The molecule has 0 saturated carbocycles. The summed E-state index contributed by atoms with van der Waals surface area (Å²) in [4.78, 5) is 0. The first-order valence-corrected chi connectivity index (χ1v) is 8.96. The number of hydrogen-bond donors (Lipinski definition) is 0. The molecule has 128 valence electrons. The zero-order valence-corrected chi connectivity index (χ0v) is 15.4. The molecule has 0 atom stereocenters. The van der Waals surface area contributed by atoms with Gasteiger partial charge in [-0.15, -0.1) is 0 Å². The average molecular weight is 336 g/mol. The van der Waals surface area contributed by atoms with Gasteiger partial charge in [0.1, 0.15) is 0 Å². The fourth-order valence-corrected chi connectivity index (χ4v) is 2.75. The van der Waals surface area contributed by atoms with E-state index in [-0.39, 0.29) is 0 Å². The Labute approximate surface area is 156 Å². The Morgan fingerprint density at radius 1 is 0.308 bits per heavy atom. The summed E-state index contributed by atoms with van der Waals surface area (Å²) in [7, 11) is 0. The average Bonchev–Trinajstić information content (AvgIpc) is 2.72. The Balaban J connectivity index is 0.000000206.